The third kappa shape index (κ3) is 1.86. The highest BCUT2D eigenvalue weighted by molar-refractivity contribution is 9.10. The van der Waals surface area contributed by atoms with E-state index < -0.39 is 0 Å². The van der Waals surface area contributed by atoms with Crippen LogP contribution in [-0.2, 0) is 0 Å². The maximum absolute atomic E-state index is 4.44. The van der Waals surface area contributed by atoms with Crippen molar-refractivity contribution in [2.24, 2.45) is 0 Å². The van der Waals surface area contributed by atoms with Crippen LogP contribution in [0.2, 0.25) is 0 Å². The maximum atomic E-state index is 4.44. The van der Waals surface area contributed by atoms with Gasteiger partial charge in [0.05, 0.1) is 5.44 Å². The summed E-state index contributed by atoms with van der Waals surface area (Å²) in [4.78, 5) is 4.44. The lowest BCUT2D eigenvalue weighted by Crippen LogP contribution is -2.05. The molecular formula is C9H11BrNP. The largest absolute Gasteiger partial charge is 0.255 e. The number of rotatable bonds is 1. The average Bonchev–Trinajstić information content (AvgIpc) is 2.58. The molecule has 1 aromatic rings. The molecule has 64 valence electrons. The summed E-state index contributed by atoms with van der Waals surface area (Å²) in [6.45, 7) is 0. The highest BCUT2D eigenvalue weighted by Gasteiger charge is 2.16. The predicted octanol–water partition coefficient (Wildman–Crippen LogP) is 2.75. The Morgan fingerprint density at radius 2 is 2.00 bits per heavy atom. The summed E-state index contributed by atoms with van der Waals surface area (Å²) >= 11 is 3.40. The molecule has 0 spiro atoms. The molecule has 0 radical (unpaired) electrons. The topological polar surface area (TPSA) is 12.9 Å². The Morgan fingerprint density at radius 3 is 2.58 bits per heavy atom. The summed E-state index contributed by atoms with van der Waals surface area (Å²) in [5, 5.41) is 0. The van der Waals surface area contributed by atoms with Crippen LogP contribution in [0.1, 0.15) is 12.8 Å². The molecule has 2 heterocycles. The van der Waals surface area contributed by atoms with Crippen molar-refractivity contribution in [1.29, 1.82) is 0 Å². The van der Waals surface area contributed by atoms with Crippen LogP contribution in [0.25, 0.3) is 0 Å². The Balaban J connectivity index is 2.17. The predicted molar refractivity (Wildman–Crippen MR) is 57.5 cm³/mol. The average molecular weight is 244 g/mol. The zero-order chi connectivity index (χ0) is 8.39. The van der Waals surface area contributed by atoms with E-state index in [0.717, 1.165) is 4.47 Å². The molecule has 0 bridgehead atoms. The molecular weight excluding hydrogens is 233 g/mol. The fourth-order valence-corrected chi connectivity index (χ4v) is 4.13. The molecule has 2 rings (SSSR count). The van der Waals surface area contributed by atoms with Gasteiger partial charge in [0.2, 0.25) is 0 Å². The first-order valence-corrected chi connectivity index (χ1v) is 6.73. The van der Waals surface area contributed by atoms with Crippen LogP contribution >= 0.6 is 23.9 Å². The molecule has 1 aliphatic rings. The van der Waals surface area contributed by atoms with E-state index in [9.17, 15) is 0 Å². The molecule has 0 N–H and O–H groups in total. The van der Waals surface area contributed by atoms with Crippen LogP contribution in [0.3, 0.4) is 0 Å². The fraction of sp³-hybridized carbons (Fsp3) is 0.444. The van der Waals surface area contributed by atoms with E-state index in [4.69, 9.17) is 0 Å². The van der Waals surface area contributed by atoms with Gasteiger partial charge in [0.1, 0.15) is 0 Å². The van der Waals surface area contributed by atoms with Gasteiger partial charge in [-0.05, 0) is 53.2 Å². The molecule has 1 saturated heterocycles. The van der Waals surface area contributed by atoms with E-state index in [1.165, 1.54) is 30.6 Å². The van der Waals surface area contributed by atoms with Gasteiger partial charge in [-0.3, -0.25) is 4.98 Å². The van der Waals surface area contributed by atoms with E-state index in [2.05, 4.69) is 33.0 Å². The molecule has 12 heavy (non-hydrogen) atoms. The Hall–Kier alpha value is 0.0600. The summed E-state index contributed by atoms with van der Waals surface area (Å²) in [7, 11) is 0.115. The smallest absolute Gasteiger partial charge is 0.0631 e. The first-order valence-electron chi connectivity index (χ1n) is 4.23. The van der Waals surface area contributed by atoms with E-state index in [0.29, 0.717) is 0 Å². The standard InChI is InChI=1S/C9H11BrNP/c10-8-3-4-9(11-7-8)12-5-1-2-6-12/h3-4,7H,1-2,5-6H2. The van der Waals surface area contributed by atoms with Crippen molar-refractivity contribution in [2.45, 2.75) is 12.8 Å². The summed E-state index contributed by atoms with van der Waals surface area (Å²) in [6.07, 6.45) is 7.51. The van der Waals surface area contributed by atoms with Gasteiger partial charge in [0.25, 0.3) is 0 Å². The van der Waals surface area contributed by atoms with Crippen molar-refractivity contribution < 1.29 is 0 Å². The third-order valence-corrected chi connectivity index (χ3v) is 5.24. The van der Waals surface area contributed by atoms with Crippen LogP contribution in [0.15, 0.2) is 22.8 Å². The van der Waals surface area contributed by atoms with Gasteiger partial charge < -0.3 is 0 Å². The molecule has 0 atom stereocenters. The van der Waals surface area contributed by atoms with Crippen molar-refractivity contribution in [1.82, 2.24) is 4.98 Å². The minimum absolute atomic E-state index is 0.115. The third-order valence-electron chi connectivity index (χ3n) is 2.14. The fourth-order valence-electron chi connectivity index (χ4n) is 1.50. The Bertz CT molecular complexity index is 254. The molecule has 1 aromatic heterocycles. The number of pyridine rings is 1. The summed E-state index contributed by atoms with van der Waals surface area (Å²) in [5.41, 5.74) is 1.34. The second kappa shape index (κ2) is 3.85. The number of hydrogen-bond acceptors (Lipinski definition) is 1. The van der Waals surface area contributed by atoms with Crippen molar-refractivity contribution in [2.75, 3.05) is 12.3 Å². The van der Waals surface area contributed by atoms with Crippen molar-refractivity contribution in [3.63, 3.8) is 0 Å². The minimum atomic E-state index is 0.115. The summed E-state index contributed by atoms with van der Waals surface area (Å²) < 4.78 is 1.08. The SMILES string of the molecule is Brc1ccc(P2CCCC2)nc1. The van der Waals surface area contributed by atoms with Crippen molar-refractivity contribution in [3.05, 3.63) is 22.8 Å². The van der Waals surface area contributed by atoms with E-state index in [-0.39, 0.29) is 7.92 Å². The number of nitrogens with zero attached hydrogens (tertiary/aromatic N) is 1. The number of hydrogen-bond donors (Lipinski definition) is 0. The highest BCUT2D eigenvalue weighted by atomic mass is 79.9. The Kier molecular flexibility index (Phi) is 2.77. The molecule has 0 aromatic carbocycles. The van der Waals surface area contributed by atoms with Gasteiger partial charge in [-0.2, -0.15) is 0 Å². The summed E-state index contributed by atoms with van der Waals surface area (Å²) in [6, 6.07) is 4.27. The van der Waals surface area contributed by atoms with Crippen molar-refractivity contribution in [3.8, 4) is 0 Å². The van der Waals surface area contributed by atoms with Crippen LogP contribution in [-0.4, -0.2) is 17.3 Å². The molecule has 1 fully saturated rings. The normalized spacial score (nSPS) is 18.4. The highest BCUT2D eigenvalue weighted by Crippen LogP contribution is 2.41. The van der Waals surface area contributed by atoms with Gasteiger partial charge in [-0.25, -0.2) is 0 Å². The van der Waals surface area contributed by atoms with Gasteiger partial charge in [0, 0.05) is 10.7 Å². The van der Waals surface area contributed by atoms with E-state index >= 15 is 0 Å². The molecule has 0 unspecified atom stereocenters. The molecule has 0 amide bonds. The lowest BCUT2D eigenvalue weighted by atomic mass is 10.4. The lowest BCUT2D eigenvalue weighted by Gasteiger charge is -2.07. The van der Waals surface area contributed by atoms with Gasteiger partial charge in [-0.1, -0.05) is 7.92 Å². The van der Waals surface area contributed by atoms with Crippen LogP contribution in [0.5, 0.6) is 0 Å². The lowest BCUT2D eigenvalue weighted by molar-refractivity contribution is 0.949. The van der Waals surface area contributed by atoms with Crippen LogP contribution in [0.4, 0.5) is 0 Å². The minimum Gasteiger partial charge on any atom is -0.255 e. The second-order valence-electron chi connectivity index (χ2n) is 3.03. The van der Waals surface area contributed by atoms with Crippen LogP contribution < -0.4 is 5.44 Å². The first-order chi connectivity index (χ1) is 5.86. The monoisotopic (exact) mass is 243 g/mol. The van der Waals surface area contributed by atoms with E-state index in [1.54, 1.807) is 0 Å². The van der Waals surface area contributed by atoms with Gasteiger partial charge >= 0.3 is 0 Å². The molecule has 0 aliphatic carbocycles. The van der Waals surface area contributed by atoms with Gasteiger partial charge in [0.15, 0.2) is 0 Å². The molecule has 3 heteroatoms. The first kappa shape index (κ1) is 8.65. The molecule has 0 saturated carbocycles. The van der Waals surface area contributed by atoms with Gasteiger partial charge in [-0.15, -0.1) is 0 Å². The van der Waals surface area contributed by atoms with Crippen molar-refractivity contribution >= 4 is 29.3 Å². The number of halogens is 1. The zero-order valence-electron chi connectivity index (χ0n) is 6.83. The maximum Gasteiger partial charge on any atom is 0.0631 e. The quantitative estimate of drug-likeness (QED) is 0.692. The molecule has 1 nitrogen and oxygen atoms in total. The Morgan fingerprint density at radius 1 is 1.25 bits per heavy atom. The zero-order valence-corrected chi connectivity index (χ0v) is 9.31. The molecule has 1 aliphatic heterocycles. The number of aromatic nitrogens is 1. The Labute approximate surface area is 82.5 Å². The summed E-state index contributed by atoms with van der Waals surface area (Å²) in [5.74, 6) is 0. The van der Waals surface area contributed by atoms with E-state index in [1.807, 2.05) is 6.20 Å². The van der Waals surface area contributed by atoms with Crippen LogP contribution in [0, 0.1) is 0 Å². The second-order valence-corrected chi connectivity index (χ2v) is 6.38.